The van der Waals surface area contributed by atoms with Crippen molar-refractivity contribution in [2.24, 2.45) is 0 Å². The molecule has 2 aromatic carbocycles. The third-order valence-electron chi connectivity index (χ3n) is 6.21. The Morgan fingerprint density at radius 1 is 0.386 bits per heavy atom. The largest absolute Gasteiger partial charge is 0.379 e. The molecule has 10 heteroatoms. The molecule has 0 radical (unpaired) electrons. The Morgan fingerprint density at radius 3 is 1.16 bits per heavy atom. The van der Waals surface area contributed by atoms with Gasteiger partial charge in [0.15, 0.2) is 0 Å². The standard InChI is InChI=1S/C34H55NO9/c1-35(31-33-9-4-2-5-10-33)13-16-37-18-20-39-22-24-41-26-28-43-30-29-42-27-25-40-23-21-38-19-17-36-14-8-15-44-32-34-11-6-3-7-12-34/h2-7,9-12H,8,13-32H2,1H3. The van der Waals surface area contributed by atoms with Gasteiger partial charge in [0.1, 0.15) is 0 Å². The average molecular weight is 622 g/mol. The number of hydrogen-bond donors (Lipinski definition) is 0. The highest BCUT2D eigenvalue weighted by Gasteiger charge is 2.00. The van der Waals surface area contributed by atoms with E-state index in [0.29, 0.717) is 119 Å². The highest BCUT2D eigenvalue weighted by atomic mass is 16.6. The second-order valence-electron chi connectivity index (χ2n) is 10.0. The molecule has 0 aromatic heterocycles. The first-order chi connectivity index (χ1) is 21.8. The van der Waals surface area contributed by atoms with Crippen molar-refractivity contribution in [2.45, 2.75) is 19.6 Å². The van der Waals surface area contributed by atoms with E-state index in [4.69, 9.17) is 42.6 Å². The van der Waals surface area contributed by atoms with Crippen molar-refractivity contribution in [3.63, 3.8) is 0 Å². The Balaban J connectivity index is 1.16. The van der Waals surface area contributed by atoms with Crippen LogP contribution in [0.1, 0.15) is 17.5 Å². The first kappa shape index (κ1) is 38.2. The first-order valence-corrected chi connectivity index (χ1v) is 15.8. The molecular formula is C34H55NO9. The Bertz CT molecular complexity index is 847. The fourth-order valence-corrected chi connectivity index (χ4v) is 3.86. The van der Waals surface area contributed by atoms with Gasteiger partial charge >= 0.3 is 0 Å². The van der Waals surface area contributed by atoms with Gasteiger partial charge < -0.3 is 42.6 Å². The molecule has 0 atom stereocenters. The van der Waals surface area contributed by atoms with Gasteiger partial charge in [0.25, 0.3) is 0 Å². The molecule has 2 rings (SSSR count). The Morgan fingerprint density at radius 2 is 0.727 bits per heavy atom. The molecular weight excluding hydrogens is 566 g/mol. The molecule has 0 aliphatic rings. The monoisotopic (exact) mass is 621 g/mol. The number of rotatable bonds is 32. The summed E-state index contributed by atoms with van der Waals surface area (Å²) in [6.45, 7) is 12.1. The second-order valence-corrected chi connectivity index (χ2v) is 10.0. The van der Waals surface area contributed by atoms with Crippen LogP contribution in [-0.4, -0.2) is 131 Å². The minimum Gasteiger partial charge on any atom is -0.379 e. The van der Waals surface area contributed by atoms with Crippen molar-refractivity contribution in [1.29, 1.82) is 0 Å². The molecule has 0 heterocycles. The fraction of sp³-hybridized carbons (Fsp3) is 0.647. The van der Waals surface area contributed by atoms with Gasteiger partial charge in [0.2, 0.25) is 0 Å². The summed E-state index contributed by atoms with van der Waals surface area (Å²) in [5.41, 5.74) is 2.49. The predicted molar refractivity (Wildman–Crippen MR) is 170 cm³/mol. The second kappa shape index (κ2) is 29.7. The number of hydrogen-bond acceptors (Lipinski definition) is 10. The highest BCUT2D eigenvalue weighted by Crippen LogP contribution is 2.02. The van der Waals surface area contributed by atoms with Crippen LogP contribution >= 0.6 is 0 Å². The molecule has 250 valence electrons. The van der Waals surface area contributed by atoms with Gasteiger partial charge in [-0.1, -0.05) is 60.7 Å². The van der Waals surface area contributed by atoms with Crippen molar-refractivity contribution < 1.29 is 42.6 Å². The van der Waals surface area contributed by atoms with Gasteiger partial charge in [0, 0.05) is 26.3 Å². The Labute approximate surface area is 264 Å². The molecule has 0 saturated carbocycles. The number of likely N-dealkylation sites (N-methyl/N-ethyl adjacent to an activating group) is 1. The van der Waals surface area contributed by atoms with E-state index in [2.05, 4.69) is 48.3 Å². The molecule has 44 heavy (non-hydrogen) atoms. The topological polar surface area (TPSA) is 86.3 Å². The van der Waals surface area contributed by atoms with Crippen LogP contribution in [0.15, 0.2) is 60.7 Å². The number of ether oxygens (including phenoxy) is 9. The van der Waals surface area contributed by atoms with Crippen molar-refractivity contribution in [3.05, 3.63) is 71.8 Å². The molecule has 0 unspecified atom stereocenters. The smallest absolute Gasteiger partial charge is 0.0716 e. The van der Waals surface area contributed by atoms with E-state index in [0.717, 1.165) is 19.5 Å². The molecule has 0 aliphatic heterocycles. The summed E-state index contributed by atoms with van der Waals surface area (Å²) in [5, 5.41) is 0. The molecule has 2 aromatic rings. The van der Waals surface area contributed by atoms with Crippen LogP contribution in [0, 0.1) is 0 Å². The number of benzene rings is 2. The van der Waals surface area contributed by atoms with Gasteiger partial charge in [0.05, 0.1) is 106 Å². The lowest BCUT2D eigenvalue weighted by atomic mass is 10.2. The number of nitrogens with zero attached hydrogens (tertiary/aromatic N) is 1. The van der Waals surface area contributed by atoms with Crippen molar-refractivity contribution in [1.82, 2.24) is 4.90 Å². The molecule has 0 saturated heterocycles. The minimum atomic E-state index is 0.527. The van der Waals surface area contributed by atoms with Crippen LogP contribution in [0.2, 0.25) is 0 Å². The van der Waals surface area contributed by atoms with E-state index in [1.165, 1.54) is 11.1 Å². The summed E-state index contributed by atoms with van der Waals surface area (Å²) < 4.78 is 49.9. The summed E-state index contributed by atoms with van der Waals surface area (Å²) >= 11 is 0. The molecule has 0 aliphatic carbocycles. The summed E-state index contributed by atoms with van der Waals surface area (Å²) in [5.74, 6) is 0. The molecule has 0 spiro atoms. The van der Waals surface area contributed by atoms with Crippen LogP contribution in [0.4, 0.5) is 0 Å². The van der Waals surface area contributed by atoms with Crippen LogP contribution in [0.25, 0.3) is 0 Å². The summed E-state index contributed by atoms with van der Waals surface area (Å²) in [7, 11) is 2.10. The van der Waals surface area contributed by atoms with Crippen LogP contribution in [0.5, 0.6) is 0 Å². The molecule has 10 nitrogen and oxygen atoms in total. The summed E-state index contributed by atoms with van der Waals surface area (Å²) in [6, 6.07) is 20.6. The molecule has 0 N–H and O–H groups in total. The van der Waals surface area contributed by atoms with Crippen molar-refractivity contribution >= 4 is 0 Å². The van der Waals surface area contributed by atoms with E-state index >= 15 is 0 Å². The van der Waals surface area contributed by atoms with Gasteiger partial charge in [-0.3, -0.25) is 4.90 Å². The van der Waals surface area contributed by atoms with E-state index < -0.39 is 0 Å². The zero-order chi connectivity index (χ0) is 31.0. The normalized spacial score (nSPS) is 11.5. The third-order valence-corrected chi connectivity index (χ3v) is 6.21. The summed E-state index contributed by atoms with van der Waals surface area (Å²) in [4.78, 5) is 2.25. The van der Waals surface area contributed by atoms with Gasteiger partial charge in [-0.2, -0.15) is 0 Å². The van der Waals surface area contributed by atoms with E-state index in [1.807, 2.05) is 24.3 Å². The maximum Gasteiger partial charge on any atom is 0.0716 e. The third kappa shape index (κ3) is 24.4. The van der Waals surface area contributed by atoms with E-state index in [9.17, 15) is 0 Å². The van der Waals surface area contributed by atoms with Crippen LogP contribution in [0.3, 0.4) is 0 Å². The lowest BCUT2D eigenvalue weighted by Crippen LogP contribution is -2.23. The maximum absolute atomic E-state index is 5.64. The van der Waals surface area contributed by atoms with E-state index in [1.54, 1.807) is 0 Å². The lowest BCUT2D eigenvalue weighted by Gasteiger charge is -2.16. The van der Waals surface area contributed by atoms with Crippen LogP contribution in [-0.2, 0) is 55.8 Å². The first-order valence-electron chi connectivity index (χ1n) is 15.8. The zero-order valence-corrected chi connectivity index (χ0v) is 26.7. The molecule has 0 amide bonds. The van der Waals surface area contributed by atoms with E-state index in [-0.39, 0.29) is 0 Å². The SMILES string of the molecule is CN(CCOCCOCCOCCOCCOCCOCCOCCOCCCOCc1ccccc1)Cc1ccccc1. The lowest BCUT2D eigenvalue weighted by molar-refractivity contribution is -0.0238. The van der Waals surface area contributed by atoms with Gasteiger partial charge in [-0.05, 0) is 24.6 Å². The van der Waals surface area contributed by atoms with Crippen LogP contribution < -0.4 is 0 Å². The minimum absolute atomic E-state index is 0.527. The quantitative estimate of drug-likeness (QED) is 0.112. The molecule has 0 fully saturated rings. The predicted octanol–water partition coefficient (Wildman–Crippen LogP) is 3.86. The average Bonchev–Trinajstić information content (AvgIpc) is 3.05. The van der Waals surface area contributed by atoms with Crippen molar-refractivity contribution in [3.8, 4) is 0 Å². The van der Waals surface area contributed by atoms with Gasteiger partial charge in [-0.25, -0.2) is 0 Å². The Kier molecular flexibility index (Phi) is 25.8. The zero-order valence-electron chi connectivity index (χ0n) is 26.7. The highest BCUT2D eigenvalue weighted by molar-refractivity contribution is 5.14. The van der Waals surface area contributed by atoms with Crippen molar-refractivity contribution in [2.75, 3.05) is 126 Å². The maximum atomic E-state index is 5.64. The fourth-order valence-electron chi connectivity index (χ4n) is 3.86. The Hall–Kier alpha value is -1.96. The summed E-state index contributed by atoms with van der Waals surface area (Å²) in [6.07, 6.45) is 0.872. The molecule has 0 bridgehead atoms. The van der Waals surface area contributed by atoms with Gasteiger partial charge in [-0.15, -0.1) is 0 Å².